The van der Waals surface area contributed by atoms with Crippen LogP contribution in [0.5, 0.6) is 0 Å². The van der Waals surface area contributed by atoms with Gasteiger partial charge in [0.1, 0.15) is 6.04 Å². The third-order valence-corrected chi connectivity index (χ3v) is 3.04. The standard InChI is InChI=1S/C13H17ClN2O3/c1-2-3-4-11(13(18)19)16-12(17)8-5-6-10(15)9(14)7-8/h5-7,11H,2-4,15H2,1H3,(H,16,17)(H,18,19)/t11-/m0/s1. The molecule has 0 spiro atoms. The highest BCUT2D eigenvalue weighted by molar-refractivity contribution is 6.33. The highest BCUT2D eigenvalue weighted by Crippen LogP contribution is 2.19. The SMILES string of the molecule is CCCC[C@H](NC(=O)c1ccc(N)c(Cl)c1)C(=O)O. The summed E-state index contributed by atoms with van der Waals surface area (Å²) in [7, 11) is 0. The molecule has 0 aliphatic carbocycles. The van der Waals surface area contributed by atoms with Crippen LogP contribution in [0.3, 0.4) is 0 Å². The molecule has 0 saturated carbocycles. The molecule has 0 bridgehead atoms. The molecule has 1 aromatic rings. The van der Waals surface area contributed by atoms with Crippen LogP contribution >= 0.6 is 11.6 Å². The fraction of sp³-hybridized carbons (Fsp3) is 0.385. The molecule has 0 aliphatic heterocycles. The summed E-state index contributed by atoms with van der Waals surface area (Å²) in [6.07, 6.45) is 2.01. The predicted octanol–water partition coefficient (Wildman–Crippen LogP) is 2.30. The quantitative estimate of drug-likeness (QED) is 0.699. The number of carboxylic acids is 1. The van der Waals surface area contributed by atoms with E-state index < -0.39 is 17.9 Å². The number of benzene rings is 1. The first-order valence-corrected chi connectivity index (χ1v) is 6.42. The molecule has 104 valence electrons. The Morgan fingerprint density at radius 2 is 2.16 bits per heavy atom. The molecule has 1 rings (SSSR count). The van der Waals surface area contributed by atoms with Gasteiger partial charge in [0.05, 0.1) is 10.7 Å². The number of nitrogens with one attached hydrogen (secondary N) is 1. The molecule has 1 aromatic carbocycles. The van der Waals surface area contributed by atoms with Crippen LogP contribution in [-0.2, 0) is 4.79 Å². The van der Waals surface area contributed by atoms with Gasteiger partial charge in [0, 0.05) is 5.56 Å². The average Bonchev–Trinajstić information content (AvgIpc) is 2.37. The summed E-state index contributed by atoms with van der Waals surface area (Å²) in [4.78, 5) is 22.9. The molecule has 0 radical (unpaired) electrons. The minimum atomic E-state index is -1.04. The lowest BCUT2D eigenvalue weighted by molar-refractivity contribution is -0.139. The Labute approximate surface area is 116 Å². The molecule has 1 amide bonds. The van der Waals surface area contributed by atoms with E-state index >= 15 is 0 Å². The van der Waals surface area contributed by atoms with E-state index in [-0.39, 0.29) is 5.02 Å². The van der Waals surface area contributed by atoms with Gasteiger partial charge in [0.25, 0.3) is 5.91 Å². The van der Waals surface area contributed by atoms with E-state index in [2.05, 4.69) is 5.32 Å². The zero-order valence-corrected chi connectivity index (χ0v) is 11.4. The Morgan fingerprint density at radius 3 is 2.68 bits per heavy atom. The number of aliphatic carboxylic acids is 1. The van der Waals surface area contributed by atoms with Gasteiger partial charge in [-0.3, -0.25) is 4.79 Å². The fourth-order valence-electron chi connectivity index (χ4n) is 1.58. The van der Waals surface area contributed by atoms with Crippen LogP contribution in [0, 0.1) is 0 Å². The Morgan fingerprint density at radius 1 is 1.47 bits per heavy atom. The number of anilines is 1. The zero-order valence-electron chi connectivity index (χ0n) is 10.6. The number of unbranched alkanes of at least 4 members (excludes halogenated alkanes) is 1. The van der Waals surface area contributed by atoms with Gasteiger partial charge in [-0.2, -0.15) is 0 Å². The van der Waals surface area contributed by atoms with Crippen LogP contribution in [0.4, 0.5) is 5.69 Å². The first-order chi connectivity index (χ1) is 8.95. The van der Waals surface area contributed by atoms with E-state index in [0.717, 1.165) is 12.8 Å². The predicted molar refractivity (Wildman–Crippen MR) is 74.3 cm³/mol. The minimum absolute atomic E-state index is 0.271. The van der Waals surface area contributed by atoms with Crippen molar-refractivity contribution in [3.8, 4) is 0 Å². The largest absolute Gasteiger partial charge is 0.480 e. The lowest BCUT2D eigenvalue weighted by Crippen LogP contribution is -2.40. The average molecular weight is 285 g/mol. The Balaban J connectivity index is 2.75. The number of amides is 1. The van der Waals surface area contributed by atoms with E-state index in [4.69, 9.17) is 22.4 Å². The summed E-state index contributed by atoms with van der Waals surface area (Å²) >= 11 is 5.82. The number of hydrogen-bond acceptors (Lipinski definition) is 3. The van der Waals surface area contributed by atoms with Crippen molar-refractivity contribution in [2.45, 2.75) is 32.2 Å². The van der Waals surface area contributed by atoms with E-state index in [1.165, 1.54) is 18.2 Å². The van der Waals surface area contributed by atoms with Crippen molar-refractivity contribution >= 4 is 29.2 Å². The maximum Gasteiger partial charge on any atom is 0.326 e. The molecule has 0 aliphatic rings. The maximum absolute atomic E-state index is 11.9. The summed E-state index contributed by atoms with van der Waals surface area (Å²) < 4.78 is 0. The number of carbonyl (C=O) groups is 2. The summed E-state index contributed by atoms with van der Waals surface area (Å²) in [5.74, 6) is -1.51. The summed E-state index contributed by atoms with van der Waals surface area (Å²) in [6.45, 7) is 1.96. The van der Waals surface area contributed by atoms with Gasteiger partial charge in [-0.15, -0.1) is 0 Å². The van der Waals surface area contributed by atoms with Crippen LogP contribution in [0.15, 0.2) is 18.2 Å². The molecule has 1 atom stereocenters. The second-order valence-electron chi connectivity index (χ2n) is 4.24. The monoisotopic (exact) mass is 284 g/mol. The molecular weight excluding hydrogens is 268 g/mol. The number of carbonyl (C=O) groups excluding carboxylic acids is 1. The van der Waals surface area contributed by atoms with Crippen molar-refractivity contribution < 1.29 is 14.7 Å². The number of carboxylic acid groups (broad SMARTS) is 1. The number of halogens is 1. The molecule has 0 fully saturated rings. The Bertz CT molecular complexity index is 477. The van der Waals surface area contributed by atoms with Crippen LogP contribution in [-0.4, -0.2) is 23.0 Å². The van der Waals surface area contributed by atoms with Gasteiger partial charge >= 0.3 is 5.97 Å². The molecule has 6 heteroatoms. The third kappa shape index (κ3) is 4.44. The number of nitrogens with two attached hydrogens (primary N) is 1. The smallest absolute Gasteiger partial charge is 0.326 e. The number of nitrogen functional groups attached to an aromatic ring is 1. The molecule has 0 aromatic heterocycles. The second-order valence-corrected chi connectivity index (χ2v) is 4.65. The lowest BCUT2D eigenvalue weighted by Gasteiger charge is -2.14. The van der Waals surface area contributed by atoms with Crippen LogP contribution in [0.1, 0.15) is 36.5 Å². The van der Waals surface area contributed by atoms with E-state index in [1.807, 2.05) is 6.92 Å². The third-order valence-electron chi connectivity index (χ3n) is 2.71. The van der Waals surface area contributed by atoms with Crippen molar-refractivity contribution in [1.29, 1.82) is 0 Å². The molecular formula is C13H17ClN2O3. The summed E-state index contributed by atoms with van der Waals surface area (Å²) in [6, 6.07) is 3.56. The summed E-state index contributed by atoms with van der Waals surface area (Å²) in [5.41, 5.74) is 6.21. The lowest BCUT2D eigenvalue weighted by atomic mass is 10.1. The van der Waals surface area contributed by atoms with Gasteiger partial charge in [-0.05, 0) is 24.6 Å². The minimum Gasteiger partial charge on any atom is -0.480 e. The van der Waals surface area contributed by atoms with Crippen LogP contribution in [0.2, 0.25) is 5.02 Å². The zero-order chi connectivity index (χ0) is 14.4. The Kier molecular flexibility index (Phi) is 5.63. The molecule has 19 heavy (non-hydrogen) atoms. The second kappa shape index (κ2) is 6.99. The normalized spacial score (nSPS) is 11.9. The van der Waals surface area contributed by atoms with Gasteiger partial charge in [0.15, 0.2) is 0 Å². The molecule has 5 nitrogen and oxygen atoms in total. The van der Waals surface area contributed by atoms with Crippen LogP contribution in [0.25, 0.3) is 0 Å². The van der Waals surface area contributed by atoms with Gasteiger partial charge < -0.3 is 16.2 Å². The van der Waals surface area contributed by atoms with Crippen molar-refractivity contribution in [2.75, 3.05) is 5.73 Å². The molecule has 4 N–H and O–H groups in total. The Hall–Kier alpha value is -1.75. The maximum atomic E-state index is 11.9. The molecule has 0 unspecified atom stereocenters. The highest BCUT2D eigenvalue weighted by Gasteiger charge is 2.20. The fourth-order valence-corrected chi connectivity index (χ4v) is 1.76. The van der Waals surface area contributed by atoms with E-state index in [0.29, 0.717) is 17.7 Å². The van der Waals surface area contributed by atoms with Gasteiger partial charge in [0.2, 0.25) is 0 Å². The van der Waals surface area contributed by atoms with Gasteiger partial charge in [-0.1, -0.05) is 31.4 Å². The highest BCUT2D eigenvalue weighted by atomic mass is 35.5. The van der Waals surface area contributed by atoms with E-state index in [1.54, 1.807) is 0 Å². The summed E-state index contributed by atoms with van der Waals surface area (Å²) in [5, 5.41) is 11.8. The molecule has 0 heterocycles. The van der Waals surface area contributed by atoms with Gasteiger partial charge in [-0.25, -0.2) is 4.79 Å². The molecule has 0 saturated heterocycles. The van der Waals surface area contributed by atoms with E-state index in [9.17, 15) is 9.59 Å². The van der Waals surface area contributed by atoms with Crippen LogP contribution < -0.4 is 11.1 Å². The first kappa shape index (κ1) is 15.3. The van der Waals surface area contributed by atoms with Crippen molar-refractivity contribution in [3.05, 3.63) is 28.8 Å². The first-order valence-electron chi connectivity index (χ1n) is 6.04. The number of hydrogen-bond donors (Lipinski definition) is 3. The van der Waals surface area contributed by atoms with Crippen molar-refractivity contribution in [2.24, 2.45) is 0 Å². The number of rotatable bonds is 6. The topological polar surface area (TPSA) is 92.4 Å². The van der Waals surface area contributed by atoms with Crippen molar-refractivity contribution in [3.63, 3.8) is 0 Å². The van der Waals surface area contributed by atoms with Crippen molar-refractivity contribution in [1.82, 2.24) is 5.32 Å².